The van der Waals surface area contributed by atoms with Crippen LogP contribution < -0.4 is 0 Å². The number of hydrogen-bond acceptors (Lipinski definition) is 7. The summed E-state index contributed by atoms with van der Waals surface area (Å²) in [5, 5.41) is 24.0. The molecule has 1 amide bonds. The minimum atomic E-state index is -0.212. The SMILES string of the molecule is O=C(CCN1CCOCC1)N1CCc2noc(-c3cc(Cl)c(O)cc3O)c2C1. The van der Waals surface area contributed by atoms with Crippen LogP contribution in [0.5, 0.6) is 11.5 Å². The van der Waals surface area contributed by atoms with Crippen LogP contribution in [0.2, 0.25) is 5.02 Å². The summed E-state index contributed by atoms with van der Waals surface area (Å²) in [5.74, 6) is 0.0881. The van der Waals surface area contributed by atoms with Gasteiger partial charge in [0.25, 0.3) is 0 Å². The lowest BCUT2D eigenvalue weighted by Crippen LogP contribution is -2.41. The van der Waals surface area contributed by atoms with Gasteiger partial charge in [0, 0.05) is 50.7 Å². The summed E-state index contributed by atoms with van der Waals surface area (Å²) in [6.45, 7) is 4.81. The lowest BCUT2D eigenvalue weighted by atomic mass is 10.0. The monoisotopic (exact) mass is 407 g/mol. The molecule has 150 valence electrons. The third-order valence-corrected chi connectivity index (χ3v) is 5.55. The summed E-state index contributed by atoms with van der Waals surface area (Å²) in [6.07, 6.45) is 1.04. The van der Waals surface area contributed by atoms with Gasteiger partial charge in [-0.1, -0.05) is 16.8 Å². The molecule has 9 heteroatoms. The summed E-state index contributed by atoms with van der Waals surface area (Å²) in [7, 11) is 0. The van der Waals surface area contributed by atoms with E-state index in [9.17, 15) is 15.0 Å². The van der Waals surface area contributed by atoms with Crippen LogP contribution in [0.3, 0.4) is 0 Å². The highest BCUT2D eigenvalue weighted by Gasteiger charge is 2.29. The number of aromatic hydroxyl groups is 2. The van der Waals surface area contributed by atoms with Crippen LogP contribution in [0.4, 0.5) is 0 Å². The van der Waals surface area contributed by atoms with E-state index >= 15 is 0 Å². The minimum absolute atomic E-state index is 0.0808. The molecule has 1 fully saturated rings. The number of morpholine rings is 1. The highest BCUT2D eigenvalue weighted by molar-refractivity contribution is 6.32. The zero-order valence-electron chi connectivity index (χ0n) is 15.4. The summed E-state index contributed by atoms with van der Waals surface area (Å²) >= 11 is 5.98. The van der Waals surface area contributed by atoms with Gasteiger partial charge in [-0.05, 0) is 6.07 Å². The van der Waals surface area contributed by atoms with Gasteiger partial charge in [0.05, 0.1) is 36.0 Å². The van der Waals surface area contributed by atoms with Gasteiger partial charge in [0.2, 0.25) is 5.91 Å². The van der Waals surface area contributed by atoms with Crippen LogP contribution in [0, 0.1) is 0 Å². The predicted octanol–water partition coefficient (Wildman–Crippen LogP) is 2.01. The van der Waals surface area contributed by atoms with Crippen molar-refractivity contribution in [3.05, 3.63) is 28.4 Å². The number of nitrogens with zero attached hydrogens (tertiary/aromatic N) is 3. The first-order valence-electron chi connectivity index (χ1n) is 9.30. The van der Waals surface area contributed by atoms with Gasteiger partial charge in [-0.3, -0.25) is 9.69 Å². The number of phenolic OH excluding ortho intramolecular Hbond substituents is 2. The number of fused-ring (bicyclic) bond motifs is 1. The Bertz CT molecular complexity index is 879. The number of amides is 1. The van der Waals surface area contributed by atoms with E-state index in [1.807, 2.05) is 0 Å². The number of rotatable bonds is 4. The van der Waals surface area contributed by atoms with Crippen molar-refractivity contribution in [2.45, 2.75) is 19.4 Å². The van der Waals surface area contributed by atoms with Crippen molar-refractivity contribution in [1.29, 1.82) is 0 Å². The molecular weight excluding hydrogens is 386 g/mol. The quantitative estimate of drug-likeness (QED) is 0.799. The Labute approximate surface area is 167 Å². The molecule has 2 aliphatic heterocycles. The fourth-order valence-corrected chi connectivity index (χ4v) is 3.77. The number of phenols is 2. The lowest BCUT2D eigenvalue weighted by molar-refractivity contribution is -0.132. The van der Waals surface area contributed by atoms with Crippen molar-refractivity contribution in [1.82, 2.24) is 15.0 Å². The first kappa shape index (κ1) is 19.0. The Balaban J connectivity index is 1.48. The largest absolute Gasteiger partial charge is 0.507 e. The van der Waals surface area contributed by atoms with Crippen LogP contribution in [0.1, 0.15) is 17.7 Å². The molecule has 2 aliphatic rings. The average Bonchev–Trinajstić information content (AvgIpc) is 3.12. The molecule has 0 atom stereocenters. The van der Waals surface area contributed by atoms with Crippen LogP contribution >= 0.6 is 11.6 Å². The zero-order chi connectivity index (χ0) is 19.7. The number of aromatic nitrogens is 1. The van der Waals surface area contributed by atoms with Crippen molar-refractivity contribution in [2.24, 2.45) is 0 Å². The van der Waals surface area contributed by atoms with E-state index in [2.05, 4.69) is 10.1 Å². The lowest BCUT2D eigenvalue weighted by Gasteiger charge is -2.29. The normalized spacial score (nSPS) is 17.5. The standard InChI is InChI=1S/C19H22ClN3O5/c20-14-9-12(16(24)10-17(14)25)19-13-11-23(4-1-15(13)21-28-19)18(26)2-3-22-5-7-27-8-6-22/h9-10,24-25H,1-8,11H2. The number of halogens is 1. The first-order chi connectivity index (χ1) is 13.5. The molecule has 0 spiro atoms. The maximum absolute atomic E-state index is 12.7. The van der Waals surface area contributed by atoms with Crippen LogP contribution in [0.25, 0.3) is 11.3 Å². The van der Waals surface area contributed by atoms with Crippen molar-refractivity contribution < 1.29 is 24.3 Å². The molecule has 0 bridgehead atoms. The van der Waals surface area contributed by atoms with Gasteiger partial charge in [-0.2, -0.15) is 0 Å². The molecule has 4 rings (SSSR count). The number of carbonyl (C=O) groups excluding carboxylic acids is 1. The number of carbonyl (C=O) groups is 1. The van der Waals surface area contributed by atoms with Gasteiger partial charge in [0.15, 0.2) is 5.76 Å². The average molecular weight is 408 g/mol. The molecule has 2 N–H and O–H groups in total. The van der Waals surface area contributed by atoms with E-state index in [4.69, 9.17) is 20.9 Å². The van der Waals surface area contributed by atoms with Crippen LogP contribution in [-0.2, 0) is 22.5 Å². The second-order valence-corrected chi connectivity index (χ2v) is 7.43. The maximum atomic E-state index is 12.7. The van der Waals surface area contributed by atoms with Crippen LogP contribution in [-0.4, -0.2) is 70.5 Å². The van der Waals surface area contributed by atoms with Crippen molar-refractivity contribution in [2.75, 3.05) is 39.4 Å². The molecule has 0 radical (unpaired) electrons. The molecule has 3 heterocycles. The Morgan fingerprint density at radius 2 is 1.96 bits per heavy atom. The second kappa shape index (κ2) is 7.98. The topological polar surface area (TPSA) is 99.3 Å². The number of hydrogen-bond donors (Lipinski definition) is 2. The van der Waals surface area contributed by atoms with Gasteiger partial charge in [-0.15, -0.1) is 0 Å². The molecule has 1 aromatic heterocycles. The molecule has 0 unspecified atom stereocenters. The van der Waals surface area contributed by atoms with Crippen molar-refractivity contribution in [3.8, 4) is 22.8 Å². The van der Waals surface area contributed by atoms with Crippen LogP contribution in [0.15, 0.2) is 16.7 Å². The van der Waals surface area contributed by atoms with Gasteiger partial charge < -0.3 is 24.4 Å². The highest BCUT2D eigenvalue weighted by Crippen LogP contribution is 2.40. The van der Waals surface area contributed by atoms with E-state index < -0.39 is 0 Å². The first-order valence-corrected chi connectivity index (χ1v) is 9.68. The Morgan fingerprint density at radius 3 is 2.75 bits per heavy atom. The van der Waals surface area contributed by atoms with E-state index in [-0.39, 0.29) is 22.4 Å². The third kappa shape index (κ3) is 3.80. The minimum Gasteiger partial charge on any atom is -0.507 e. The molecule has 28 heavy (non-hydrogen) atoms. The maximum Gasteiger partial charge on any atom is 0.224 e. The molecular formula is C19H22ClN3O5. The van der Waals surface area contributed by atoms with E-state index in [1.165, 1.54) is 12.1 Å². The highest BCUT2D eigenvalue weighted by atomic mass is 35.5. The summed E-state index contributed by atoms with van der Waals surface area (Å²) in [5.41, 5.74) is 1.89. The Kier molecular flexibility index (Phi) is 5.43. The molecule has 1 saturated heterocycles. The van der Waals surface area contributed by atoms with E-state index in [0.717, 1.165) is 30.9 Å². The summed E-state index contributed by atoms with van der Waals surface area (Å²) in [6, 6.07) is 2.60. The predicted molar refractivity (Wildman–Crippen MR) is 101 cm³/mol. The van der Waals surface area contributed by atoms with Gasteiger partial charge in [-0.25, -0.2) is 0 Å². The molecule has 0 saturated carbocycles. The third-order valence-electron chi connectivity index (χ3n) is 5.25. The van der Waals surface area contributed by atoms with Gasteiger partial charge >= 0.3 is 0 Å². The smallest absolute Gasteiger partial charge is 0.224 e. The van der Waals surface area contributed by atoms with E-state index in [0.29, 0.717) is 50.5 Å². The number of ether oxygens (including phenoxy) is 1. The van der Waals surface area contributed by atoms with Crippen molar-refractivity contribution in [3.63, 3.8) is 0 Å². The molecule has 1 aromatic carbocycles. The molecule has 2 aromatic rings. The molecule has 0 aliphatic carbocycles. The van der Waals surface area contributed by atoms with E-state index in [1.54, 1.807) is 4.90 Å². The molecule has 8 nitrogen and oxygen atoms in total. The second-order valence-electron chi connectivity index (χ2n) is 7.03. The van der Waals surface area contributed by atoms with Gasteiger partial charge in [0.1, 0.15) is 11.5 Å². The zero-order valence-corrected chi connectivity index (χ0v) is 16.1. The van der Waals surface area contributed by atoms with Crippen molar-refractivity contribution >= 4 is 17.5 Å². The Hall–Kier alpha value is -2.29. The summed E-state index contributed by atoms with van der Waals surface area (Å²) in [4.78, 5) is 16.7. The summed E-state index contributed by atoms with van der Waals surface area (Å²) < 4.78 is 10.8. The Morgan fingerprint density at radius 1 is 1.18 bits per heavy atom. The number of benzene rings is 1. The fraction of sp³-hybridized carbons (Fsp3) is 0.474. The fourth-order valence-electron chi connectivity index (χ4n) is 3.61.